The number of aromatic nitrogens is 1. The number of carbonyl (C=O) groups is 2. The zero-order valence-electron chi connectivity index (χ0n) is 23.4. The maximum absolute atomic E-state index is 14.6. The van der Waals surface area contributed by atoms with Gasteiger partial charge >= 0.3 is 0 Å². The quantitative estimate of drug-likeness (QED) is 0.263. The fraction of sp³-hybridized carbons (Fsp3) is 0.286. The average Bonchev–Trinajstić information content (AvgIpc) is 3.05. The first kappa shape index (κ1) is 27.8. The zero-order valence-corrected chi connectivity index (χ0v) is 23.4. The summed E-state index contributed by atoms with van der Waals surface area (Å²) in [7, 11) is 0. The minimum absolute atomic E-state index is 0.0280. The normalized spacial score (nSPS) is 18.5. The molecule has 1 unspecified atom stereocenters. The number of rotatable bonds is 5. The van der Waals surface area contributed by atoms with Gasteiger partial charge in [0.1, 0.15) is 11.6 Å². The molecule has 0 spiro atoms. The number of halogens is 2. The van der Waals surface area contributed by atoms with Gasteiger partial charge in [0.15, 0.2) is 0 Å². The summed E-state index contributed by atoms with van der Waals surface area (Å²) in [6.07, 6.45) is 5.45. The molecule has 2 fully saturated rings. The summed E-state index contributed by atoms with van der Waals surface area (Å²) in [5.74, 6) is -0.703. The van der Waals surface area contributed by atoms with E-state index in [4.69, 9.17) is 0 Å². The molecule has 6 rings (SSSR count). The molecular formula is C35H33F2N3O2. The number of likely N-dealkylation sites (tertiary alicyclic amines) is 2. The van der Waals surface area contributed by atoms with Crippen molar-refractivity contribution in [3.63, 3.8) is 0 Å². The molecule has 214 valence electrons. The molecule has 1 aromatic heterocycles. The predicted octanol–water partition coefficient (Wildman–Crippen LogP) is 6.95. The van der Waals surface area contributed by atoms with E-state index in [0.717, 1.165) is 41.6 Å². The van der Waals surface area contributed by atoms with Crippen LogP contribution >= 0.6 is 0 Å². The van der Waals surface area contributed by atoms with Gasteiger partial charge in [-0.2, -0.15) is 0 Å². The molecule has 0 radical (unpaired) electrons. The Balaban J connectivity index is 1.24. The second kappa shape index (κ2) is 11.8. The summed E-state index contributed by atoms with van der Waals surface area (Å²) in [4.78, 5) is 36.4. The van der Waals surface area contributed by atoms with Crippen LogP contribution in [0.1, 0.15) is 59.8 Å². The van der Waals surface area contributed by atoms with Crippen LogP contribution in [0.4, 0.5) is 8.78 Å². The Hall–Kier alpha value is -4.39. The van der Waals surface area contributed by atoms with Crippen LogP contribution in [0.25, 0.3) is 11.1 Å². The molecule has 4 aromatic rings. The third-order valence-corrected chi connectivity index (χ3v) is 8.81. The molecule has 0 bridgehead atoms. The summed E-state index contributed by atoms with van der Waals surface area (Å²) in [6.45, 7) is 1.46. The molecule has 5 nitrogen and oxygen atoms in total. The van der Waals surface area contributed by atoms with Gasteiger partial charge in [-0.1, -0.05) is 42.5 Å². The van der Waals surface area contributed by atoms with Crippen molar-refractivity contribution < 1.29 is 18.4 Å². The topological polar surface area (TPSA) is 53.5 Å². The first-order chi connectivity index (χ1) is 20.4. The van der Waals surface area contributed by atoms with E-state index in [1.807, 2.05) is 35.2 Å². The molecule has 0 aliphatic carbocycles. The van der Waals surface area contributed by atoms with Crippen LogP contribution in [0.2, 0.25) is 0 Å². The van der Waals surface area contributed by atoms with E-state index in [1.165, 1.54) is 24.3 Å². The summed E-state index contributed by atoms with van der Waals surface area (Å²) in [6, 6.07) is 25.5. The minimum atomic E-state index is -0.860. The molecule has 2 aliphatic rings. The Labute approximate surface area is 244 Å². The third kappa shape index (κ3) is 5.43. The molecule has 42 heavy (non-hydrogen) atoms. The van der Waals surface area contributed by atoms with Crippen molar-refractivity contribution in [2.24, 2.45) is 0 Å². The molecule has 0 saturated carbocycles. The molecule has 3 heterocycles. The number of carbonyl (C=O) groups excluding carboxylic acids is 2. The molecule has 2 aliphatic heterocycles. The number of amides is 2. The van der Waals surface area contributed by atoms with Crippen molar-refractivity contribution in [1.82, 2.24) is 14.8 Å². The van der Waals surface area contributed by atoms with E-state index in [-0.39, 0.29) is 29.5 Å². The molecule has 2 saturated heterocycles. The van der Waals surface area contributed by atoms with Crippen molar-refractivity contribution in [2.45, 2.75) is 43.6 Å². The van der Waals surface area contributed by atoms with Gasteiger partial charge in [0.25, 0.3) is 5.91 Å². The molecule has 7 heteroatoms. The summed E-state index contributed by atoms with van der Waals surface area (Å²) >= 11 is 0. The average molecular weight is 566 g/mol. The number of hydrogen-bond donors (Lipinski definition) is 0. The van der Waals surface area contributed by atoms with Crippen LogP contribution in [-0.4, -0.2) is 46.2 Å². The molecule has 2 amide bonds. The Morgan fingerprint density at radius 2 is 1.36 bits per heavy atom. The Morgan fingerprint density at radius 1 is 0.738 bits per heavy atom. The van der Waals surface area contributed by atoms with Gasteiger partial charge in [-0.25, -0.2) is 8.78 Å². The lowest BCUT2D eigenvalue weighted by Gasteiger charge is -2.46. The lowest BCUT2D eigenvalue weighted by atomic mass is 9.71. The second-order valence-electron chi connectivity index (χ2n) is 11.2. The van der Waals surface area contributed by atoms with Gasteiger partial charge in [0, 0.05) is 31.4 Å². The standard InChI is InChI=1S/C35H33F2N3O2/c36-29-15-11-26(12-16-29)25-7-9-27(10-8-25)33(41)39-23-19-35(20-24-39,28-13-17-30(37)18-14-28)34(42)40-22-4-2-6-32(40)31-5-1-3-21-38-31/h1,3,5,7-18,21,32H,2,4,6,19-20,22-24H2. The number of pyridine rings is 1. The Morgan fingerprint density at radius 3 is 1.98 bits per heavy atom. The highest BCUT2D eigenvalue weighted by atomic mass is 19.1. The van der Waals surface area contributed by atoms with Gasteiger partial charge in [-0.15, -0.1) is 0 Å². The molecular weight excluding hydrogens is 532 g/mol. The maximum Gasteiger partial charge on any atom is 0.253 e. The van der Waals surface area contributed by atoms with Crippen LogP contribution in [0.5, 0.6) is 0 Å². The van der Waals surface area contributed by atoms with Crippen LogP contribution in [0.3, 0.4) is 0 Å². The van der Waals surface area contributed by atoms with E-state index in [1.54, 1.807) is 47.5 Å². The molecule has 0 N–H and O–H groups in total. The highest BCUT2D eigenvalue weighted by Gasteiger charge is 2.47. The van der Waals surface area contributed by atoms with Gasteiger partial charge in [0.05, 0.1) is 17.2 Å². The fourth-order valence-corrected chi connectivity index (χ4v) is 6.45. The SMILES string of the molecule is O=C(c1ccc(-c2ccc(F)cc2)cc1)N1CCC(C(=O)N2CCCCC2c2ccccn2)(c2ccc(F)cc2)CC1. The predicted molar refractivity (Wildman–Crippen MR) is 158 cm³/mol. The lowest BCUT2D eigenvalue weighted by Crippen LogP contribution is -2.55. The summed E-state index contributed by atoms with van der Waals surface area (Å²) in [5.41, 5.74) is 3.15. The van der Waals surface area contributed by atoms with Gasteiger partial charge in [0.2, 0.25) is 5.91 Å². The number of benzene rings is 3. The van der Waals surface area contributed by atoms with Crippen LogP contribution in [0.15, 0.2) is 97.2 Å². The second-order valence-corrected chi connectivity index (χ2v) is 11.2. The number of hydrogen-bond acceptors (Lipinski definition) is 3. The Bertz CT molecular complexity index is 1530. The van der Waals surface area contributed by atoms with Crippen LogP contribution in [0, 0.1) is 11.6 Å². The van der Waals surface area contributed by atoms with Gasteiger partial charge in [-0.3, -0.25) is 14.6 Å². The van der Waals surface area contributed by atoms with Crippen molar-refractivity contribution in [2.75, 3.05) is 19.6 Å². The van der Waals surface area contributed by atoms with E-state index < -0.39 is 5.41 Å². The van der Waals surface area contributed by atoms with Crippen molar-refractivity contribution in [3.8, 4) is 11.1 Å². The van der Waals surface area contributed by atoms with Gasteiger partial charge < -0.3 is 9.80 Å². The van der Waals surface area contributed by atoms with Crippen LogP contribution < -0.4 is 0 Å². The van der Waals surface area contributed by atoms with E-state index in [0.29, 0.717) is 38.0 Å². The maximum atomic E-state index is 14.6. The molecule has 3 aromatic carbocycles. The van der Waals surface area contributed by atoms with Crippen molar-refractivity contribution in [3.05, 3.63) is 126 Å². The first-order valence-corrected chi connectivity index (χ1v) is 14.6. The van der Waals surface area contributed by atoms with Crippen LogP contribution in [-0.2, 0) is 10.2 Å². The Kier molecular flexibility index (Phi) is 7.83. The minimum Gasteiger partial charge on any atom is -0.339 e. The van der Waals surface area contributed by atoms with E-state index >= 15 is 0 Å². The highest BCUT2D eigenvalue weighted by Crippen LogP contribution is 2.42. The zero-order chi connectivity index (χ0) is 29.1. The highest BCUT2D eigenvalue weighted by molar-refractivity contribution is 5.95. The van der Waals surface area contributed by atoms with E-state index in [2.05, 4.69) is 4.98 Å². The van der Waals surface area contributed by atoms with Gasteiger partial charge in [-0.05, 0) is 97.3 Å². The number of piperidine rings is 2. The molecule has 1 atom stereocenters. The fourth-order valence-electron chi connectivity index (χ4n) is 6.45. The monoisotopic (exact) mass is 565 g/mol. The summed E-state index contributed by atoms with van der Waals surface area (Å²) < 4.78 is 27.3. The first-order valence-electron chi connectivity index (χ1n) is 14.6. The smallest absolute Gasteiger partial charge is 0.253 e. The summed E-state index contributed by atoms with van der Waals surface area (Å²) in [5, 5.41) is 0. The lowest BCUT2D eigenvalue weighted by molar-refractivity contribution is -0.143. The van der Waals surface area contributed by atoms with E-state index in [9.17, 15) is 18.4 Å². The number of nitrogens with zero attached hydrogens (tertiary/aromatic N) is 3. The van der Waals surface area contributed by atoms with Crippen molar-refractivity contribution in [1.29, 1.82) is 0 Å². The largest absolute Gasteiger partial charge is 0.339 e. The van der Waals surface area contributed by atoms with Crippen molar-refractivity contribution >= 4 is 11.8 Å². The third-order valence-electron chi connectivity index (χ3n) is 8.81.